The van der Waals surface area contributed by atoms with Crippen molar-refractivity contribution in [2.75, 3.05) is 18.4 Å². The van der Waals surface area contributed by atoms with Gasteiger partial charge in [-0.3, -0.25) is 9.69 Å². The predicted molar refractivity (Wildman–Crippen MR) is 116 cm³/mol. The zero-order valence-corrected chi connectivity index (χ0v) is 17.6. The van der Waals surface area contributed by atoms with Gasteiger partial charge in [0.2, 0.25) is 5.91 Å². The number of carbonyl (C=O) groups excluding carboxylic acids is 1. The number of aromatic nitrogens is 3. The third-order valence-electron chi connectivity index (χ3n) is 6.45. The molecular formula is C23H28N6O. The molecule has 2 aliphatic heterocycles. The molecule has 7 heteroatoms. The van der Waals surface area contributed by atoms with Crippen LogP contribution in [0.1, 0.15) is 41.8 Å². The fourth-order valence-electron chi connectivity index (χ4n) is 4.80. The summed E-state index contributed by atoms with van der Waals surface area (Å²) in [4.78, 5) is 19.6. The average Bonchev–Trinajstić information content (AvgIpc) is 3.11. The van der Waals surface area contributed by atoms with E-state index >= 15 is 0 Å². The lowest BCUT2D eigenvalue weighted by Crippen LogP contribution is -2.52. The number of hydrogen-bond acceptors (Lipinski definition) is 5. The summed E-state index contributed by atoms with van der Waals surface area (Å²) in [6, 6.07) is 10.3. The van der Waals surface area contributed by atoms with Gasteiger partial charge in [0.1, 0.15) is 0 Å². The molecule has 30 heavy (non-hydrogen) atoms. The Labute approximate surface area is 176 Å². The van der Waals surface area contributed by atoms with Crippen molar-refractivity contribution in [2.45, 2.75) is 51.7 Å². The number of nitrogens with zero attached hydrogens (tertiary/aromatic N) is 4. The van der Waals surface area contributed by atoms with Crippen molar-refractivity contribution in [3.8, 4) is 0 Å². The molecule has 156 valence electrons. The van der Waals surface area contributed by atoms with Gasteiger partial charge < -0.3 is 10.6 Å². The lowest BCUT2D eigenvalue weighted by molar-refractivity contribution is -0.122. The molecule has 2 aromatic heterocycles. The standard InChI is InChI=1S/C23H28N6O/c1-16-11-17(2)29-22(26-16)19(14-25-29)15-28-9-7-23(8-10-28)12-21(30)24-13-18-5-3-4-6-20(18)27-23/h3-6,11,14,27H,7-10,12-13,15H2,1-2H3,(H,24,30). The van der Waals surface area contributed by atoms with Crippen molar-refractivity contribution in [1.82, 2.24) is 24.8 Å². The van der Waals surface area contributed by atoms with Crippen LogP contribution in [-0.4, -0.2) is 44.0 Å². The van der Waals surface area contributed by atoms with Crippen LogP contribution in [0.4, 0.5) is 5.69 Å². The number of nitrogens with one attached hydrogen (secondary N) is 2. The number of likely N-dealkylation sites (tertiary alicyclic amines) is 1. The molecule has 0 atom stereocenters. The molecule has 1 saturated heterocycles. The maximum absolute atomic E-state index is 12.5. The minimum Gasteiger partial charge on any atom is -0.379 e. The van der Waals surface area contributed by atoms with E-state index in [1.807, 2.05) is 23.7 Å². The smallest absolute Gasteiger partial charge is 0.222 e. The predicted octanol–water partition coefficient (Wildman–Crippen LogP) is 2.81. The van der Waals surface area contributed by atoms with Crippen LogP contribution in [0.2, 0.25) is 0 Å². The van der Waals surface area contributed by atoms with Crippen LogP contribution in [0.15, 0.2) is 36.5 Å². The zero-order chi connectivity index (χ0) is 20.7. The minimum atomic E-state index is -0.191. The molecular weight excluding hydrogens is 376 g/mol. The van der Waals surface area contributed by atoms with E-state index in [-0.39, 0.29) is 11.4 Å². The number of benzene rings is 1. The maximum Gasteiger partial charge on any atom is 0.222 e. The van der Waals surface area contributed by atoms with Crippen LogP contribution in [-0.2, 0) is 17.9 Å². The van der Waals surface area contributed by atoms with Gasteiger partial charge in [0, 0.05) is 60.8 Å². The summed E-state index contributed by atoms with van der Waals surface area (Å²) in [5.41, 5.74) is 6.33. The Hall–Kier alpha value is -2.93. The summed E-state index contributed by atoms with van der Waals surface area (Å²) in [6.45, 7) is 7.38. The van der Waals surface area contributed by atoms with Gasteiger partial charge in [0.15, 0.2) is 5.65 Å². The van der Waals surface area contributed by atoms with E-state index in [0.29, 0.717) is 13.0 Å². The Morgan fingerprint density at radius 2 is 1.97 bits per heavy atom. The molecule has 1 aromatic carbocycles. The summed E-state index contributed by atoms with van der Waals surface area (Å²) >= 11 is 0. The Kier molecular flexibility index (Phi) is 4.70. The number of rotatable bonds is 2. The number of aryl methyl sites for hydroxylation is 2. The molecule has 0 aliphatic carbocycles. The zero-order valence-electron chi connectivity index (χ0n) is 17.6. The number of carbonyl (C=O) groups is 1. The Morgan fingerprint density at radius 1 is 1.17 bits per heavy atom. The fraction of sp³-hybridized carbons (Fsp3) is 0.435. The van der Waals surface area contributed by atoms with E-state index in [9.17, 15) is 4.79 Å². The van der Waals surface area contributed by atoms with Crippen LogP contribution in [0.25, 0.3) is 5.65 Å². The van der Waals surface area contributed by atoms with Crippen molar-refractivity contribution in [2.24, 2.45) is 0 Å². The van der Waals surface area contributed by atoms with Crippen molar-refractivity contribution in [1.29, 1.82) is 0 Å². The van der Waals surface area contributed by atoms with Gasteiger partial charge in [-0.2, -0.15) is 5.10 Å². The molecule has 0 saturated carbocycles. The highest BCUT2D eigenvalue weighted by Crippen LogP contribution is 2.33. The Bertz CT molecular complexity index is 1100. The third-order valence-corrected chi connectivity index (χ3v) is 6.45. The van der Waals surface area contributed by atoms with Crippen LogP contribution < -0.4 is 10.6 Å². The first kappa shape index (κ1) is 19.1. The Morgan fingerprint density at radius 3 is 2.80 bits per heavy atom. The molecule has 5 rings (SSSR count). The second-order valence-corrected chi connectivity index (χ2v) is 8.74. The molecule has 0 radical (unpaired) electrons. The van der Waals surface area contributed by atoms with Crippen molar-refractivity contribution < 1.29 is 4.79 Å². The van der Waals surface area contributed by atoms with E-state index < -0.39 is 0 Å². The average molecular weight is 405 g/mol. The highest BCUT2D eigenvalue weighted by atomic mass is 16.1. The van der Waals surface area contributed by atoms with Gasteiger partial charge in [-0.05, 0) is 44.4 Å². The lowest BCUT2D eigenvalue weighted by atomic mass is 9.82. The number of hydrogen-bond donors (Lipinski definition) is 2. The summed E-state index contributed by atoms with van der Waals surface area (Å²) < 4.78 is 1.92. The molecule has 1 amide bonds. The van der Waals surface area contributed by atoms with E-state index in [4.69, 9.17) is 4.98 Å². The third kappa shape index (κ3) is 3.54. The van der Waals surface area contributed by atoms with Crippen LogP contribution in [0.3, 0.4) is 0 Å². The van der Waals surface area contributed by atoms with Crippen LogP contribution in [0, 0.1) is 13.8 Å². The van der Waals surface area contributed by atoms with Gasteiger partial charge in [0.05, 0.1) is 6.20 Å². The molecule has 0 bridgehead atoms. The highest BCUT2D eigenvalue weighted by Gasteiger charge is 2.38. The summed E-state index contributed by atoms with van der Waals surface area (Å²) in [5.74, 6) is 0.128. The normalized spacial score (nSPS) is 19.1. The van der Waals surface area contributed by atoms with Crippen molar-refractivity contribution >= 4 is 17.2 Å². The van der Waals surface area contributed by atoms with Crippen LogP contribution >= 0.6 is 0 Å². The Balaban J connectivity index is 1.33. The molecule has 2 aliphatic rings. The topological polar surface area (TPSA) is 74.6 Å². The molecule has 1 fully saturated rings. The second kappa shape index (κ2) is 7.40. The summed E-state index contributed by atoms with van der Waals surface area (Å²) in [5, 5.41) is 11.4. The largest absolute Gasteiger partial charge is 0.379 e. The van der Waals surface area contributed by atoms with Crippen molar-refractivity contribution in [3.05, 3.63) is 59.0 Å². The molecule has 0 unspecified atom stereocenters. The first-order valence-electron chi connectivity index (χ1n) is 10.7. The second-order valence-electron chi connectivity index (χ2n) is 8.74. The van der Waals surface area contributed by atoms with E-state index in [0.717, 1.165) is 66.3 Å². The minimum absolute atomic E-state index is 0.128. The number of anilines is 1. The quantitative estimate of drug-likeness (QED) is 0.687. The number of amides is 1. The highest BCUT2D eigenvalue weighted by molar-refractivity contribution is 5.79. The summed E-state index contributed by atoms with van der Waals surface area (Å²) in [6.07, 6.45) is 4.32. The van der Waals surface area contributed by atoms with Gasteiger partial charge in [-0.15, -0.1) is 0 Å². The fourth-order valence-corrected chi connectivity index (χ4v) is 4.80. The molecule has 2 N–H and O–H groups in total. The van der Waals surface area contributed by atoms with Crippen molar-refractivity contribution in [3.63, 3.8) is 0 Å². The maximum atomic E-state index is 12.5. The molecule has 3 aromatic rings. The molecule has 1 spiro atoms. The van der Waals surface area contributed by atoms with E-state index in [1.165, 1.54) is 0 Å². The van der Waals surface area contributed by atoms with E-state index in [2.05, 4.69) is 51.8 Å². The lowest BCUT2D eigenvalue weighted by Gasteiger charge is -2.44. The van der Waals surface area contributed by atoms with Gasteiger partial charge in [0.25, 0.3) is 0 Å². The molecule has 7 nitrogen and oxygen atoms in total. The number of piperidine rings is 1. The van der Waals surface area contributed by atoms with Gasteiger partial charge in [-0.1, -0.05) is 18.2 Å². The summed E-state index contributed by atoms with van der Waals surface area (Å²) in [7, 11) is 0. The number of para-hydroxylation sites is 1. The molecule has 4 heterocycles. The van der Waals surface area contributed by atoms with Crippen LogP contribution in [0.5, 0.6) is 0 Å². The van der Waals surface area contributed by atoms with E-state index in [1.54, 1.807) is 0 Å². The van der Waals surface area contributed by atoms with Gasteiger partial charge in [-0.25, -0.2) is 9.50 Å². The number of fused-ring (bicyclic) bond motifs is 2. The monoisotopic (exact) mass is 404 g/mol. The SMILES string of the molecule is Cc1cc(C)n2ncc(CN3CCC4(CC3)CC(=O)NCc3ccccc3N4)c2n1. The first-order valence-corrected chi connectivity index (χ1v) is 10.7. The first-order chi connectivity index (χ1) is 14.5. The van der Waals surface area contributed by atoms with Gasteiger partial charge >= 0.3 is 0 Å².